The van der Waals surface area contributed by atoms with Gasteiger partial charge in [0.1, 0.15) is 5.82 Å². The topological polar surface area (TPSA) is 61.0 Å². The monoisotopic (exact) mass is 236 g/mol. The van der Waals surface area contributed by atoms with Gasteiger partial charge in [-0.2, -0.15) is 0 Å². The molecule has 1 aliphatic heterocycles. The number of piperidine rings is 1. The molecule has 1 aromatic rings. The number of hydrogen-bond acceptors (Lipinski definition) is 3. The van der Waals surface area contributed by atoms with Gasteiger partial charge in [-0.3, -0.25) is 4.79 Å². The Balaban J connectivity index is 1.90. The highest BCUT2D eigenvalue weighted by Crippen LogP contribution is 2.18. The van der Waals surface area contributed by atoms with Gasteiger partial charge in [0.05, 0.1) is 6.54 Å². The Labute approximate surface area is 102 Å². The van der Waals surface area contributed by atoms with Gasteiger partial charge in [-0.15, -0.1) is 0 Å². The van der Waals surface area contributed by atoms with Crippen LogP contribution in [0, 0.1) is 5.92 Å². The molecule has 2 rings (SSSR count). The van der Waals surface area contributed by atoms with Crippen molar-refractivity contribution in [2.75, 3.05) is 13.6 Å². The molecule has 0 aliphatic carbocycles. The van der Waals surface area contributed by atoms with Crippen molar-refractivity contribution in [3.63, 3.8) is 0 Å². The number of imidazole rings is 1. The third-order valence-electron chi connectivity index (χ3n) is 3.29. The number of aromatic nitrogens is 2. The minimum Gasteiger partial charge on any atom is -0.347 e. The van der Waals surface area contributed by atoms with Crippen molar-refractivity contribution in [3.8, 4) is 0 Å². The Hall–Kier alpha value is -1.36. The molecule has 2 atom stereocenters. The fourth-order valence-electron chi connectivity index (χ4n) is 2.35. The quantitative estimate of drug-likeness (QED) is 0.814. The molecule has 2 unspecified atom stereocenters. The summed E-state index contributed by atoms with van der Waals surface area (Å²) in [5, 5.41) is 3.36. The van der Waals surface area contributed by atoms with Gasteiger partial charge >= 0.3 is 0 Å². The second-order valence-electron chi connectivity index (χ2n) is 4.81. The van der Waals surface area contributed by atoms with E-state index >= 15 is 0 Å². The summed E-state index contributed by atoms with van der Waals surface area (Å²) < 4.78 is 0. The largest absolute Gasteiger partial charge is 0.347 e. The molecular weight excluding hydrogens is 216 g/mol. The van der Waals surface area contributed by atoms with Crippen molar-refractivity contribution in [1.82, 2.24) is 20.2 Å². The highest BCUT2D eigenvalue weighted by molar-refractivity contribution is 5.78. The molecule has 1 aliphatic rings. The van der Waals surface area contributed by atoms with E-state index in [1.165, 1.54) is 0 Å². The Morgan fingerprint density at radius 3 is 3.12 bits per heavy atom. The Kier molecular flexibility index (Phi) is 3.78. The molecule has 0 radical (unpaired) electrons. The van der Waals surface area contributed by atoms with Gasteiger partial charge in [0.15, 0.2) is 0 Å². The smallest absolute Gasteiger partial charge is 0.225 e. The van der Waals surface area contributed by atoms with Crippen molar-refractivity contribution < 1.29 is 4.79 Å². The molecule has 2 heterocycles. The molecule has 1 aromatic heterocycles. The van der Waals surface area contributed by atoms with Crippen LogP contribution in [0.4, 0.5) is 0 Å². The Morgan fingerprint density at radius 2 is 2.47 bits per heavy atom. The van der Waals surface area contributed by atoms with Gasteiger partial charge in [0.2, 0.25) is 5.91 Å². The van der Waals surface area contributed by atoms with Gasteiger partial charge in [-0.05, 0) is 26.3 Å². The lowest BCUT2D eigenvalue weighted by Gasteiger charge is -2.30. The molecule has 17 heavy (non-hydrogen) atoms. The van der Waals surface area contributed by atoms with Gasteiger partial charge < -0.3 is 15.2 Å². The molecule has 5 nitrogen and oxygen atoms in total. The summed E-state index contributed by atoms with van der Waals surface area (Å²) in [6.45, 7) is 3.63. The second kappa shape index (κ2) is 5.31. The third kappa shape index (κ3) is 3.06. The number of H-pyrrole nitrogens is 1. The zero-order valence-electron chi connectivity index (χ0n) is 10.4. The first kappa shape index (κ1) is 12.1. The molecule has 0 aromatic carbocycles. The van der Waals surface area contributed by atoms with Crippen LogP contribution in [0.1, 0.15) is 25.6 Å². The predicted molar refractivity (Wildman–Crippen MR) is 65.3 cm³/mol. The summed E-state index contributed by atoms with van der Waals surface area (Å²) in [5.74, 6) is 1.23. The number of carbonyl (C=O) groups excluding carboxylic acids is 1. The van der Waals surface area contributed by atoms with E-state index in [0.717, 1.165) is 25.2 Å². The first-order valence-corrected chi connectivity index (χ1v) is 6.13. The number of nitrogens with zero attached hydrogens (tertiary/aromatic N) is 2. The fraction of sp³-hybridized carbons (Fsp3) is 0.667. The molecule has 0 bridgehead atoms. The van der Waals surface area contributed by atoms with Crippen LogP contribution in [0.2, 0.25) is 0 Å². The maximum absolute atomic E-state index is 12.2. The van der Waals surface area contributed by atoms with Crippen LogP contribution >= 0.6 is 0 Å². The fourth-order valence-corrected chi connectivity index (χ4v) is 2.35. The van der Waals surface area contributed by atoms with E-state index in [2.05, 4.69) is 22.2 Å². The predicted octanol–water partition coefficient (Wildman–Crippen LogP) is 0.756. The SMILES string of the molecule is CC1CC(C(=O)N(C)Cc2ncc[nH]2)CCN1. The van der Waals surface area contributed by atoms with E-state index in [4.69, 9.17) is 0 Å². The molecule has 1 saturated heterocycles. The lowest BCUT2D eigenvalue weighted by Crippen LogP contribution is -2.42. The van der Waals surface area contributed by atoms with Crippen LogP contribution in [0.25, 0.3) is 0 Å². The van der Waals surface area contributed by atoms with Crippen molar-refractivity contribution in [2.45, 2.75) is 32.4 Å². The number of hydrogen-bond donors (Lipinski definition) is 2. The average Bonchev–Trinajstić information content (AvgIpc) is 2.80. The summed E-state index contributed by atoms with van der Waals surface area (Å²) >= 11 is 0. The third-order valence-corrected chi connectivity index (χ3v) is 3.29. The zero-order chi connectivity index (χ0) is 12.3. The highest BCUT2D eigenvalue weighted by atomic mass is 16.2. The summed E-state index contributed by atoms with van der Waals surface area (Å²) in [5.41, 5.74) is 0. The number of nitrogens with one attached hydrogen (secondary N) is 2. The number of amides is 1. The number of rotatable bonds is 3. The summed E-state index contributed by atoms with van der Waals surface area (Å²) in [6, 6.07) is 0.440. The van der Waals surface area contributed by atoms with Crippen molar-refractivity contribution in [3.05, 3.63) is 18.2 Å². The summed E-state index contributed by atoms with van der Waals surface area (Å²) in [6.07, 6.45) is 5.35. The lowest BCUT2D eigenvalue weighted by molar-refractivity contribution is -0.136. The Morgan fingerprint density at radius 1 is 1.65 bits per heavy atom. The first-order valence-electron chi connectivity index (χ1n) is 6.13. The standard InChI is InChI=1S/C12H20N4O/c1-9-7-10(3-4-13-9)12(17)16(2)8-11-14-5-6-15-11/h5-6,9-10,13H,3-4,7-8H2,1-2H3,(H,14,15). The molecule has 2 N–H and O–H groups in total. The van der Waals surface area contributed by atoms with E-state index in [-0.39, 0.29) is 11.8 Å². The van der Waals surface area contributed by atoms with Gasteiger partial charge in [-0.25, -0.2) is 4.98 Å². The van der Waals surface area contributed by atoms with Crippen molar-refractivity contribution in [1.29, 1.82) is 0 Å². The first-order chi connectivity index (χ1) is 8.16. The van der Waals surface area contributed by atoms with Crippen LogP contribution in [-0.4, -0.2) is 40.4 Å². The van der Waals surface area contributed by atoms with Gasteiger partial charge in [0, 0.05) is 31.4 Å². The van der Waals surface area contributed by atoms with E-state index < -0.39 is 0 Å². The summed E-state index contributed by atoms with van der Waals surface area (Å²) in [4.78, 5) is 21.1. The van der Waals surface area contributed by atoms with Gasteiger partial charge in [0.25, 0.3) is 0 Å². The second-order valence-corrected chi connectivity index (χ2v) is 4.81. The van der Waals surface area contributed by atoms with E-state index in [0.29, 0.717) is 12.6 Å². The summed E-state index contributed by atoms with van der Waals surface area (Å²) in [7, 11) is 1.84. The highest BCUT2D eigenvalue weighted by Gasteiger charge is 2.27. The minimum absolute atomic E-state index is 0.159. The normalized spacial score (nSPS) is 24.6. The van der Waals surface area contributed by atoms with Crippen LogP contribution in [0.3, 0.4) is 0 Å². The van der Waals surface area contributed by atoms with Crippen LogP contribution in [0.5, 0.6) is 0 Å². The molecule has 94 valence electrons. The van der Waals surface area contributed by atoms with Crippen LogP contribution in [0.15, 0.2) is 12.4 Å². The van der Waals surface area contributed by atoms with Crippen LogP contribution < -0.4 is 5.32 Å². The van der Waals surface area contributed by atoms with Crippen LogP contribution in [-0.2, 0) is 11.3 Å². The Bertz CT molecular complexity index is 363. The van der Waals surface area contributed by atoms with E-state index in [9.17, 15) is 4.79 Å². The maximum Gasteiger partial charge on any atom is 0.225 e. The number of carbonyl (C=O) groups is 1. The van der Waals surface area contributed by atoms with Crippen molar-refractivity contribution in [2.24, 2.45) is 5.92 Å². The average molecular weight is 236 g/mol. The maximum atomic E-state index is 12.2. The van der Waals surface area contributed by atoms with E-state index in [1.807, 2.05) is 7.05 Å². The van der Waals surface area contributed by atoms with E-state index in [1.54, 1.807) is 17.3 Å². The molecular formula is C12H20N4O. The number of aromatic amines is 1. The van der Waals surface area contributed by atoms with Crippen molar-refractivity contribution >= 4 is 5.91 Å². The molecule has 0 saturated carbocycles. The minimum atomic E-state index is 0.159. The molecule has 1 fully saturated rings. The molecule has 5 heteroatoms. The molecule has 1 amide bonds. The molecule has 0 spiro atoms. The zero-order valence-corrected chi connectivity index (χ0v) is 10.4. The van der Waals surface area contributed by atoms with Gasteiger partial charge in [-0.1, -0.05) is 0 Å². The lowest BCUT2D eigenvalue weighted by atomic mass is 9.92.